The number of nitrogens with zero attached hydrogens (tertiary/aromatic N) is 1. The molecule has 4 heteroatoms. The number of rotatable bonds is 6. The lowest BCUT2D eigenvalue weighted by atomic mass is 9.67. The standard InChI is InChI=1S/C15H28N2O2/c1-3-17(9-10-19-4-2)14(18)15-8-6-5-7-13(15)11-16-12-15/h13,16H,3-12H2,1-2H3/t13-,15+/m0/s1. The summed E-state index contributed by atoms with van der Waals surface area (Å²) in [5.41, 5.74) is -0.111. The lowest BCUT2D eigenvalue weighted by molar-refractivity contribution is -0.146. The first-order chi connectivity index (χ1) is 9.24. The number of carbonyl (C=O) groups is 1. The molecule has 1 aliphatic carbocycles. The van der Waals surface area contributed by atoms with Gasteiger partial charge in [0.2, 0.25) is 5.91 Å². The number of hydrogen-bond acceptors (Lipinski definition) is 3. The highest BCUT2D eigenvalue weighted by Crippen LogP contribution is 2.45. The first-order valence-corrected chi connectivity index (χ1v) is 7.82. The van der Waals surface area contributed by atoms with Crippen molar-refractivity contribution in [3.05, 3.63) is 0 Å². The van der Waals surface area contributed by atoms with Crippen molar-refractivity contribution in [2.24, 2.45) is 11.3 Å². The summed E-state index contributed by atoms with van der Waals surface area (Å²) in [6, 6.07) is 0. The summed E-state index contributed by atoms with van der Waals surface area (Å²) in [4.78, 5) is 15.0. The van der Waals surface area contributed by atoms with E-state index in [-0.39, 0.29) is 5.41 Å². The third-order valence-corrected chi connectivity index (χ3v) is 4.84. The molecule has 0 bridgehead atoms. The van der Waals surface area contributed by atoms with Crippen molar-refractivity contribution in [1.82, 2.24) is 10.2 Å². The molecule has 1 aliphatic heterocycles. The molecule has 0 spiro atoms. The van der Waals surface area contributed by atoms with Gasteiger partial charge in [0.1, 0.15) is 0 Å². The Morgan fingerprint density at radius 3 is 3.00 bits per heavy atom. The summed E-state index contributed by atoms with van der Waals surface area (Å²) in [6.07, 6.45) is 4.76. The lowest BCUT2D eigenvalue weighted by Gasteiger charge is -2.40. The van der Waals surface area contributed by atoms with Crippen LogP contribution in [0, 0.1) is 11.3 Å². The quantitative estimate of drug-likeness (QED) is 0.745. The molecular weight excluding hydrogens is 240 g/mol. The molecule has 2 atom stereocenters. The van der Waals surface area contributed by atoms with Gasteiger partial charge in [0.05, 0.1) is 12.0 Å². The van der Waals surface area contributed by atoms with E-state index in [0.29, 0.717) is 18.4 Å². The molecule has 4 nitrogen and oxygen atoms in total. The molecular formula is C15H28N2O2. The Balaban J connectivity index is 2.02. The maximum absolute atomic E-state index is 13.0. The molecule has 1 amide bonds. The largest absolute Gasteiger partial charge is 0.380 e. The van der Waals surface area contributed by atoms with Crippen molar-refractivity contribution < 1.29 is 9.53 Å². The van der Waals surface area contributed by atoms with Gasteiger partial charge in [0.25, 0.3) is 0 Å². The van der Waals surface area contributed by atoms with E-state index in [1.165, 1.54) is 19.3 Å². The molecule has 1 saturated carbocycles. The van der Waals surface area contributed by atoms with Crippen LogP contribution in [0.1, 0.15) is 39.5 Å². The zero-order valence-corrected chi connectivity index (χ0v) is 12.4. The summed E-state index contributed by atoms with van der Waals surface area (Å²) >= 11 is 0. The fourth-order valence-electron chi connectivity index (χ4n) is 3.71. The Hall–Kier alpha value is -0.610. The lowest BCUT2D eigenvalue weighted by Crippen LogP contribution is -2.50. The van der Waals surface area contributed by atoms with Crippen LogP contribution >= 0.6 is 0 Å². The fourth-order valence-corrected chi connectivity index (χ4v) is 3.71. The second kappa shape index (κ2) is 6.71. The van der Waals surface area contributed by atoms with E-state index in [0.717, 1.165) is 39.2 Å². The van der Waals surface area contributed by atoms with Gasteiger partial charge in [0.15, 0.2) is 0 Å². The Labute approximate surface area is 116 Å². The summed E-state index contributed by atoms with van der Waals surface area (Å²) in [7, 11) is 0. The van der Waals surface area contributed by atoms with Gasteiger partial charge in [0, 0.05) is 26.2 Å². The Morgan fingerprint density at radius 1 is 1.42 bits per heavy atom. The number of nitrogens with one attached hydrogen (secondary N) is 1. The maximum Gasteiger partial charge on any atom is 0.230 e. The van der Waals surface area contributed by atoms with Crippen LogP contribution in [0.5, 0.6) is 0 Å². The zero-order valence-electron chi connectivity index (χ0n) is 12.4. The van der Waals surface area contributed by atoms with Gasteiger partial charge in [-0.25, -0.2) is 0 Å². The molecule has 2 fully saturated rings. The molecule has 1 saturated heterocycles. The monoisotopic (exact) mass is 268 g/mol. The van der Waals surface area contributed by atoms with E-state index >= 15 is 0 Å². The van der Waals surface area contributed by atoms with Crippen LogP contribution in [0.4, 0.5) is 0 Å². The molecule has 110 valence electrons. The van der Waals surface area contributed by atoms with Crippen LogP contribution in [0.15, 0.2) is 0 Å². The molecule has 2 rings (SSSR count). The van der Waals surface area contributed by atoms with Crippen molar-refractivity contribution in [3.8, 4) is 0 Å². The second-order valence-corrected chi connectivity index (χ2v) is 5.81. The van der Waals surface area contributed by atoms with Gasteiger partial charge in [-0.15, -0.1) is 0 Å². The van der Waals surface area contributed by atoms with Gasteiger partial charge in [-0.3, -0.25) is 4.79 Å². The number of amides is 1. The second-order valence-electron chi connectivity index (χ2n) is 5.81. The Kier molecular flexibility index (Phi) is 5.22. The predicted octanol–water partition coefficient (Wildman–Crippen LogP) is 1.65. The third-order valence-electron chi connectivity index (χ3n) is 4.84. The average molecular weight is 268 g/mol. The third kappa shape index (κ3) is 2.95. The zero-order chi connectivity index (χ0) is 13.7. The van der Waals surface area contributed by atoms with Crippen LogP contribution in [0.3, 0.4) is 0 Å². The van der Waals surface area contributed by atoms with Crippen LogP contribution in [0.25, 0.3) is 0 Å². The normalized spacial score (nSPS) is 30.1. The van der Waals surface area contributed by atoms with E-state index in [9.17, 15) is 4.79 Å². The molecule has 0 aromatic rings. The molecule has 1 N–H and O–H groups in total. The minimum Gasteiger partial charge on any atom is -0.380 e. The van der Waals surface area contributed by atoms with Gasteiger partial charge in [-0.1, -0.05) is 12.8 Å². The fraction of sp³-hybridized carbons (Fsp3) is 0.933. The van der Waals surface area contributed by atoms with Crippen LogP contribution in [-0.2, 0) is 9.53 Å². The highest BCUT2D eigenvalue weighted by atomic mass is 16.5. The molecule has 1 heterocycles. The number of likely N-dealkylation sites (N-methyl/N-ethyl adjacent to an activating group) is 1. The minimum absolute atomic E-state index is 0.111. The predicted molar refractivity (Wildman–Crippen MR) is 76.0 cm³/mol. The first kappa shape index (κ1) is 14.8. The summed E-state index contributed by atoms with van der Waals surface area (Å²) in [5.74, 6) is 0.916. The van der Waals surface area contributed by atoms with Gasteiger partial charge < -0.3 is 15.0 Å². The highest BCUT2D eigenvalue weighted by Gasteiger charge is 2.51. The van der Waals surface area contributed by atoms with E-state index in [4.69, 9.17) is 4.74 Å². The number of hydrogen-bond donors (Lipinski definition) is 1. The summed E-state index contributed by atoms with van der Waals surface area (Å²) in [6.45, 7) is 8.87. The van der Waals surface area contributed by atoms with E-state index < -0.39 is 0 Å². The smallest absolute Gasteiger partial charge is 0.230 e. The van der Waals surface area contributed by atoms with Crippen LogP contribution < -0.4 is 5.32 Å². The molecule has 0 aromatic heterocycles. The number of fused-ring (bicyclic) bond motifs is 1. The van der Waals surface area contributed by atoms with Gasteiger partial charge in [-0.05, 0) is 39.2 Å². The molecule has 2 aliphatic rings. The van der Waals surface area contributed by atoms with Crippen LogP contribution in [0.2, 0.25) is 0 Å². The van der Waals surface area contributed by atoms with Crippen molar-refractivity contribution in [3.63, 3.8) is 0 Å². The van der Waals surface area contributed by atoms with Gasteiger partial charge >= 0.3 is 0 Å². The Morgan fingerprint density at radius 2 is 2.26 bits per heavy atom. The number of ether oxygens (including phenoxy) is 1. The minimum atomic E-state index is -0.111. The van der Waals surface area contributed by atoms with Crippen molar-refractivity contribution >= 4 is 5.91 Å². The van der Waals surface area contributed by atoms with E-state index in [1.807, 2.05) is 11.8 Å². The maximum atomic E-state index is 13.0. The highest BCUT2D eigenvalue weighted by molar-refractivity contribution is 5.84. The first-order valence-electron chi connectivity index (χ1n) is 7.82. The molecule has 0 unspecified atom stereocenters. The SMILES string of the molecule is CCOCCN(CC)C(=O)[C@@]12CCCC[C@H]1CNC2. The topological polar surface area (TPSA) is 41.6 Å². The molecule has 0 radical (unpaired) electrons. The number of carbonyl (C=O) groups excluding carboxylic acids is 1. The average Bonchev–Trinajstić information content (AvgIpc) is 2.88. The Bertz CT molecular complexity index is 309. The van der Waals surface area contributed by atoms with Crippen molar-refractivity contribution in [2.45, 2.75) is 39.5 Å². The van der Waals surface area contributed by atoms with E-state index in [1.54, 1.807) is 0 Å². The summed E-state index contributed by atoms with van der Waals surface area (Å²) < 4.78 is 5.40. The van der Waals surface area contributed by atoms with E-state index in [2.05, 4.69) is 12.2 Å². The summed E-state index contributed by atoms with van der Waals surface area (Å²) in [5, 5.41) is 3.45. The van der Waals surface area contributed by atoms with Crippen molar-refractivity contribution in [2.75, 3.05) is 39.4 Å². The van der Waals surface area contributed by atoms with Crippen molar-refractivity contribution in [1.29, 1.82) is 0 Å². The van der Waals surface area contributed by atoms with Gasteiger partial charge in [-0.2, -0.15) is 0 Å². The molecule has 0 aromatic carbocycles. The van der Waals surface area contributed by atoms with Crippen LogP contribution in [-0.4, -0.2) is 50.2 Å². The molecule has 19 heavy (non-hydrogen) atoms.